The molecule has 3 nitrogen and oxygen atoms in total. The Morgan fingerprint density at radius 1 is 1.89 bits per heavy atom. The first-order valence-electron chi connectivity index (χ1n) is 2.75. The van der Waals surface area contributed by atoms with E-state index in [2.05, 4.69) is 19.6 Å². The lowest BCUT2D eigenvalue weighted by atomic mass is 10.4. The molecule has 1 atom stereocenters. The van der Waals surface area contributed by atoms with Crippen LogP contribution in [0.4, 0.5) is 0 Å². The lowest BCUT2D eigenvalue weighted by molar-refractivity contribution is 0.608. The summed E-state index contributed by atoms with van der Waals surface area (Å²) >= 11 is 0. The first-order valence-corrected chi connectivity index (χ1v) is 3.33. The number of hydrogen-bond donors (Lipinski definition) is 1. The fraction of sp³-hybridized carbons (Fsp3) is 0.400. The molecule has 0 aliphatic carbocycles. The summed E-state index contributed by atoms with van der Waals surface area (Å²) in [5, 5.41) is 6.96. The minimum atomic E-state index is 0.749. The van der Waals surface area contributed by atoms with Crippen molar-refractivity contribution in [3.05, 3.63) is 18.0 Å². The van der Waals surface area contributed by atoms with Crippen molar-refractivity contribution in [3.8, 4) is 0 Å². The zero-order chi connectivity index (χ0) is 6.69. The van der Waals surface area contributed by atoms with Crippen LogP contribution in [0.5, 0.6) is 0 Å². The van der Waals surface area contributed by atoms with Crippen molar-refractivity contribution < 1.29 is 0 Å². The fourth-order valence-corrected chi connectivity index (χ4v) is 0.834. The average molecular weight is 143 g/mol. The molecule has 0 aliphatic heterocycles. The highest BCUT2D eigenvalue weighted by Gasteiger charge is 1.88. The molecular weight excluding hydrogens is 133 g/mol. The zero-order valence-electron chi connectivity index (χ0n) is 5.33. The molecule has 0 bridgehead atoms. The fourth-order valence-electron chi connectivity index (χ4n) is 0.647. The smallest absolute Gasteiger partial charge is 0.0932 e. The van der Waals surface area contributed by atoms with Crippen LogP contribution in [0.1, 0.15) is 5.56 Å². The highest BCUT2D eigenvalue weighted by Crippen LogP contribution is 1.92. The van der Waals surface area contributed by atoms with E-state index in [9.17, 15) is 0 Å². The third kappa shape index (κ3) is 1.77. The number of nitrogens with one attached hydrogen (secondary N) is 1. The van der Waals surface area contributed by atoms with Gasteiger partial charge in [0.25, 0.3) is 0 Å². The Bertz CT molecular complexity index is 184. The largest absolute Gasteiger partial charge is 0.282 e. The van der Waals surface area contributed by atoms with Gasteiger partial charge in [0, 0.05) is 6.20 Å². The van der Waals surface area contributed by atoms with Gasteiger partial charge in [0.15, 0.2) is 0 Å². The van der Waals surface area contributed by atoms with E-state index < -0.39 is 0 Å². The first kappa shape index (κ1) is 6.72. The maximum absolute atomic E-state index is 4.05. The van der Waals surface area contributed by atoms with Gasteiger partial charge in [-0.1, -0.05) is 9.39 Å². The molecule has 50 valence electrons. The molecule has 0 aromatic carbocycles. The van der Waals surface area contributed by atoms with E-state index in [0.717, 1.165) is 6.67 Å². The molecule has 1 heterocycles. The second-order valence-electron chi connectivity index (χ2n) is 1.92. The Kier molecular flexibility index (Phi) is 2.20. The maximum atomic E-state index is 4.05. The van der Waals surface area contributed by atoms with Crippen LogP contribution in [-0.4, -0.2) is 9.78 Å². The first-order chi connectivity index (χ1) is 4.33. The predicted molar refractivity (Wildman–Crippen MR) is 39.8 cm³/mol. The van der Waals surface area contributed by atoms with E-state index in [4.69, 9.17) is 0 Å². The lowest BCUT2D eigenvalue weighted by Crippen LogP contribution is -2.07. The van der Waals surface area contributed by atoms with Gasteiger partial charge in [0.05, 0.1) is 12.9 Å². The summed E-state index contributed by atoms with van der Waals surface area (Å²) in [4.78, 5) is 0. The summed E-state index contributed by atoms with van der Waals surface area (Å²) in [5.41, 5.74) is 1.19. The van der Waals surface area contributed by atoms with Crippen LogP contribution in [0.2, 0.25) is 0 Å². The number of aromatic nitrogens is 2. The minimum Gasteiger partial charge on any atom is -0.282 e. The molecule has 1 aromatic rings. The monoisotopic (exact) mass is 143 g/mol. The molecule has 0 aliphatic rings. The molecule has 0 fully saturated rings. The van der Waals surface area contributed by atoms with Crippen molar-refractivity contribution in [1.82, 2.24) is 14.9 Å². The summed E-state index contributed by atoms with van der Waals surface area (Å²) in [7, 11) is 2.43. The van der Waals surface area contributed by atoms with Gasteiger partial charge in [-0.2, -0.15) is 5.10 Å². The van der Waals surface area contributed by atoms with Crippen LogP contribution in [0.3, 0.4) is 0 Å². The standard InChI is InChI=1S/C5H10N3P/c1-5-2-6-8(3-5)4-7-9/h2-3,7H,4,9H2,1H3. The van der Waals surface area contributed by atoms with Crippen LogP contribution >= 0.6 is 9.39 Å². The van der Waals surface area contributed by atoms with Gasteiger partial charge < -0.3 is 0 Å². The van der Waals surface area contributed by atoms with Crippen LogP contribution < -0.4 is 5.09 Å². The van der Waals surface area contributed by atoms with E-state index >= 15 is 0 Å². The zero-order valence-corrected chi connectivity index (χ0v) is 6.49. The normalized spacial score (nSPS) is 10.0. The van der Waals surface area contributed by atoms with Gasteiger partial charge in [0.1, 0.15) is 0 Å². The molecule has 9 heavy (non-hydrogen) atoms. The Balaban J connectivity index is 2.61. The molecule has 0 amide bonds. The number of nitrogens with zero attached hydrogens (tertiary/aromatic N) is 2. The number of hydrogen-bond acceptors (Lipinski definition) is 2. The Morgan fingerprint density at radius 2 is 2.67 bits per heavy atom. The second-order valence-corrected chi connectivity index (χ2v) is 2.33. The van der Waals surface area contributed by atoms with E-state index in [-0.39, 0.29) is 0 Å². The molecule has 1 aromatic heterocycles. The van der Waals surface area contributed by atoms with Gasteiger partial charge in [-0.3, -0.25) is 9.77 Å². The Labute approximate surface area is 56.7 Å². The highest BCUT2D eigenvalue weighted by molar-refractivity contribution is 7.13. The van der Waals surface area contributed by atoms with Gasteiger partial charge in [-0.15, -0.1) is 0 Å². The van der Waals surface area contributed by atoms with E-state index in [1.54, 1.807) is 0 Å². The minimum absolute atomic E-state index is 0.749. The van der Waals surface area contributed by atoms with Crippen molar-refractivity contribution in [2.24, 2.45) is 0 Å². The molecule has 0 spiro atoms. The maximum Gasteiger partial charge on any atom is 0.0932 e. The molecule has 1 rings (SSSR count). The Hall–Kier alpha value is -0.400. The summed E-state index contributed by atoms with van der Waals surface area (Å²) in [5.74, 6) is 0. The second kappa shape index (κ2) is 2.95. The highest BCUT2D eigenvalue weighted by atomic mass is 31.0. The molecular formula is C5H10N3P. The lowest BCUT2D eigenvalue weighted by Gasteiger charge is -1.95. The van der Waals surface area contributed by atoms with E-state index in [0.29, 0.717) is 0 Å². The number of rotatable bonds is 2. The third-order valence-corrected chi connectivity index (χ3v) is 1.20. The third-order valence-electron chi connectivity index (χ3n) is 1.02. The molecule has 0 radical (unpaired) electrons. The van der Waals surface area contributed by atoms with Crippen LogP contribution in [0.15, 0.2) is 12.4 Å². The molecule has 0 saturated carbocycles. The van der Waals surface area contributed by atoms with E-state index in [1.165, 1.54) is 5.56 Å². The summed E-state index contributed by atoms with van der Waals surface area (Å²) in [6.07, 6.45) is 3.82. The SMILES string of the molecule is Cc1cnn(CNP)c1. The van der Waals surface area contributed by atoms with Crippen LogP contribution in [0.25, 0.3) is 0 Å². The van der Waals surface area contributed by atoms with E-state index in [1.807, 2.05) is 24.0 Å². The van der Waals surface area contributed by atoms with Crippen molar-refractivity contribution >= 4 is 9.39 Å². The quantitative estimate of drug-likeness (QED) is 0.612. The van der Waals surface area contributed by atoms with Gasteiger partial charge >= 0.3 is 0 Å². The van der Waals surface area contributed by atoms with Gasteiger partial charge in [0.2, 0.25) is 0 Å². The van der Waals surface area contributed by atoms with Crippen LogP contribution in [0, 0.1) is 6.92 Å². The van der Waals surface area contributed by atoms with Gasteiger partial charge in [-0.05, 0) is 12.5 Å². The summed E-state index contributed by atoms with van der Waals surface area (Å²) in [6, 6.07) is 0. The average Bonchev–Trinajstić information content (AvgIpc) is 2.17. The topological polar surface area (TPSA) is 29.9 Å². The van der Waals surface area contributed by atoms with Crippen molar-refractivity contribution in [2.75, 3.05) is 0 Å². The van der Waals surface area contributed by atoms with Crippen LogP contribution in [-0.2, 0) is 6.67 Å². The van der Waals surface area contributed by atoms with Crippen molar-refractivity contribution in [1.29, 1.82) is 0 Å². The molecule has 4 heteroatoms. The van der Waals surface area contributed by atoms with Crippen molar-refractivity contribution in [2.45, 2.75) is 13.6 Å². The molecule has 0 saturated heterocycles. The summed E-state index contributed by atoms with van der Waals surface area (Å²) < 4.78 is 1.84. The Morgan fingerprint density at radius 3 is 3.11 bits per heavy atom. The summed E-state index contributed by atoms with van der Waals surface area (Å²) in [6.45, 7) is 2.77. The predicted octanol–water partition coefficient (Wildman–Crippen LogP) is 0.529. The van der Waals surface area contributed by atoms with Gasteiger partial charge in [-0.25, -0.2) is 0 Å². The molecule has 1 unspecified atom stereocenters. The molecule has 1 N–H and O–H groups in total. The van der Waals surface area contributed by atoms with Crippen molar-refractivity contribution in [3.63, 3.8) is 0 Å². The number of aryl methyl sites for hydroxylation is 1.